The number of nitrogens with zero attached hydrogens (tertiary/aromatic N) is 1. The van der Waals surface area contributed by atoms with E-state index in [4.69, 9.17) is 4.74 Å². The highest BCUT2D eigenvalue weighted by atomic mass is 16.5. The summed E-state index contributed by atoms with van der Waals surface area (Å²) in [5, 5.41) is 5.71. The van der Waals surface area contributed by atoms with Crippen LogP contribution in [0.25, 0.3) is 6.08 Å². The lowest BCUT2D eigenvalue weighted by atomic mass is 9.99. The minimum atomic E-state index is -0.364. The van der Waals surface area contributed by atoms with Crippen molar-refractivity contribution in [2.24, 2.45) is 5.92 Å². The molecule has 0 aromatic heterocycles. The summed E-state index contributed by atoms with van der Waals surface area (Å²) in [6.07, 6.45) is 5.55. The molecule has 6 nitrogen and oxygen atoms in total. The second kappa shape index (κ2) is 10.6. The number of amides is 2. The Morgan fingerprint density at radius 2 is 1.92 bits per heavy atom. The molecule has 1 aromatic rings. The Kier molecular flexibility index (Phi) is 8.15. The molecule has 2 N–H and O–H groups in total. The molecule has 2 rings (SSSR count). The average Bonchev–Trinajstić information content (AvgIpc) is 2.63. The van der Waals surface area contributed by atoms with Crippen LogP contribution in [-0.4, -0.2) is 49.7 Å². The van der Waals surface area contributed by atoms with E-state index >= 15 is 0 Å². The third-order valence-corrected chi connectivity index (χ3v) is 4.46. The summed E-state index contributed by atoms with van der Waals surface area (Å²) < 4.78 is 4.83. The molecule has 0 bridgehead atoms. The van der Waals surface area contributed by atoms with Crippen molar-refractivity contribution in [3.8, 4) is 0 Å². The minimum Gasteiger partial charge on any atom is -0.463 e. The molecule has 1 aliphatic rings. The molecule has 0 radical (unpaired) electrons. The molecule has 0 aliphatic carbocycles. The first kappa shape index (κ1) is 20.0. The Morgan fingerprint density at radius 3 is 2.58 bits per heavy atom. The molecule has 1 aromatic carbocycles. The summed E-state index contributed by atoms with van der Waals surface area (Å²) in [5.74, 6) is 0.454. The van der Waals surface area contributed by atoms with Crippen LogP contribution in [0.2, 0.25) is 0 Å². The number of likely N-dealkylation sites (tertiary alicyclic amines) is 1. The highest BCUT2D eigenvalue weighted by Gasteiger charge is 2.15. The Bertz CT molecular complexity index is 605. The molecule has 1 aliphatic heterocycles. The van der Waals surface area contributed by atoms with Crippen molar-refractivity contribution in [1.82, 2.24) is 10.2 Å². The van der Waals surface area contributed by atoms with Gasteiger partial charge in [0, 0.05) is 24.9 Å². The summed E-state index contributed by atoms with van der Waals surface area (Å²) in [5.41, 5.74) is 1.57. The van der Waals surface area contributed by atoms with Crippen LogP contribution in [0.5, 0.6) is 0 Å². The van der Waals surface area contributed by atoms with Crippen LogP contribution in [0.1, 0.15) is 32.3 Å². The number of carbonyl (C=O) groups is 2. The maximum atomic E-state index is 12.0. The van der Waals surface area contributed by atoms with Gasteiger partial charge in [0.25, 0.3) is 0 Å². The van der Waals surface area contributed by atoms with E-state index in [0.29, 0.717) is 18.8 Å². The van der Waals surface area contributed by atoms with Gasteiger partial charge in [0.15, 0.2) is 0 Å². The van der Waals surface area contributed by atoms with Crippen molar-refractivity contribution >= 4 is 23.8 Å². The summed E-state index contributed by atoms with van der Waals surface area (Å²) in [6, 6.07) is 7.07. The van der Waals surface area contributed by atoms with Gasteiger partial charge in [-0.1, -0.05) is 19.1 Å². The summed E-state index contributed by atoms with van der Waals surface area (Å²) in [6.45, 7) is 8.18. The summed E-state index contributed by atoms with van der Waals surface area (Å²) >= 11 is 0. The Hall–Kier alpha value is -2.34. The summed E-state index contributed by atoms with van der Waals surface area (Å²) in [7, 11) is 0. The molecule has 0 saturated carbocycles. The normalized spacial score (nSPS) is 15.8. The smallest absolute Gasteiger partial charge is 0.330 e. The molecule has 0 atom stereocenters. The van der Waals surface area contributed by atoms with Gasteiger partial charge in [-0.15, -0.1) is 0 Å². The number of rotatable bonds is 7. The van der Waals surface area contributed by atoms with Crippen molar-refractivity contribution in [1.29, 1.82) is 0 Å². The number of anilines is 1. The first-order chi connectivity index (χ1) is 12.6. The first-order valence-electron chi connectivity index (χ1n) is 9.29. The van der Waals surface area contributed by atoms with E-state index < -0.39 is 0 Å². The Balaban J connectivity index is 1.69. The van der Waals surface area contributed by atoms with Gasteiger partial charge in [0.05, 0.1) is 6.61 Å². The van der Waals surface area contributed by atoms with Crippen LogP contribution in [0.3, 0.4) is 0 Å². The number of ether oxygens (including phenoxy) is 1. The van der Waals surface area contributed by atoms with Crippen LogP contribution in [0.15, 0.2) is 30.3 Å². The van der Waals surface area contributed by atoms with Gasteiger partial charge in [0.2, 0.25) is 0 Å². The molecule has 26 heavy (non-hydrogen) atoms. The van der Waals surface area contributed by atoms with Crippen LogP contribution in [-0.2, 0) is 9.53 Å². The number of urea groups is 1. The third kappa shape index (κ3) is 7.27. The van der Waals surface area contributed by atoms with Gasteiger partial charge in [-0.3, -0.25) is 0 Å². The van der Waals surface area contributed by atoms with E-state index in [1.165, 1.54) is 18.9 Å². The zero-order valence-electron chi connectivity index (χ0n) is 15.7. The first-order valence-corrected chi connectivity index (χ1v) is 9.29. The molecule has 0 spiro atoms. The number of benzene rings is 1. The van der Waals surface area contributed by atoms with Gasteiger partial charge in [0.1, 0.15) is 0 Å². The standard InChI is InChI=1S/C20H29N3O3/c1-3-26-19(24)9-6-17-4-7-18(8-5-17)22-20(25)21-12-15-23-13-10-16(2)11-14-23/h4-9,16H,3,10-15H2,1-2H3,(H2,21,22,25). The molecular formula is C20H29N3O3. The third-order valence-electron chi connectivity index (χ3n) is 4.46. The number of nitrogens with one attached hydrogen (secondary N) is 2. The fraction of sp³-hybridized carbons (Fsp3) is 0.500. The lowest BCUT2D eigenvalue weighted by Gasteiger charge is -2.30. The van der Waals surface area contributed by atoms with Crippen molar-refractivity contribution in [2.75, 3.05) is 38.1 Å². The number of esters is 1. The second-order valence-electron chi connectivity index (χ2n) is 6.61. The van der Waals surface area contributed by atoms with Crippen molar-refractivity contribution in [3.63, 3.8) is 0 Å². The Labute approximate surface area is 155 Å². The number of carbonyl (C=O) groups excluding carboxylic acids is 2. The van der Waals surface area contributed by atoms with Gasteiger partial charge in [-0.2, -0.15) is 0 Å². The molecular weight excluding hydrogens is 330 g/mol. The molecule has 2 amide bonds. The molecule has 1 saturated heterocycles. The lowest BCUT2D eigenvalue weighted by Crippen LogP contribution is -2.40. The van der Waals surface area contributed by atoms with E-state index in [0.717, 1.165) is 31.1 Å². The van der Waals surface area contributed by atoms with E-state index in [9.17, 15) is 9.59 Å². The predicted molar refractivity (Wildman–Crippen MR) is 104 cm³/mol. The van der Waals surface area contributed by atoms with Gasteiger partial charge < -0.3 is 20.3 Å². The number of hydrogen-bond acceptors (Lipinski definition) is 4. The molecule has 1 fully saturated rings. The van der Waals surface area contributed by atoms with Crippen molar-refractivity contribution in [2.45, 2.75) is 26.7 Å². The fourth-order valence-corrected chi connectivity index (χ4v) is 2.82. The highest BCUT2D eigenvalue weighted by Crippen LogP contribution is 2.15. The molecule has 0 unspecified atom stereocenters. The Morgan fingerprint density at radius 1 is 1.23 bits per heavy atom. The predicted octanol–water partition coefficient (Wildman–Crippen LogP) is 3.12. The quantitative estimate of drug-likeness (QED) is 0.580. The van der Waals surface area contributed by atoms with E-state index in [2.05, 4.69) is 22.5 Å². The van der Waals surface area contributed by atoms with E-state index in [-0.39, 0.29) is 12.0 Å². The minimum absolute atomic E-state index is 0.204. The number of piperidine rings is 1. The van der Waals surface area contributed by atoms with Gasteiger partial charge in [-0.05, 0) is 62.5 Å². The van der Waals surface area contributed by atoms with Gasteiger partial charge >= 0.3 is 12.0 Å². The van der Waals surface area contributed by atoms with Crippen LogP contribution in [0.4, 0.5) is 10.5 Å². The van der Waals surface area contributed by atoms with E-state index in [1.807, 2.05) is 12.1 Å². The van der Waals surface area contributed by atoms with Gasteiger partial charge in [-0.25, -0.2) is 9.59 Å². The van der Waals surface area contributed by atoms with Crippen LogP contribution in [0, 0.1) is 5.92 Å². The van der Waals surface area contributed by atoms with Crippen LogP contribution < -0.4 is 10.6 Å². The van der Waals surface area contributed by atoms with Crippen molar-refractivity contribution < 1.29 is 14.3 Å². The molecule has 6 heteroatoms. The molecule has 142 valence electrons. The fourth-order valence-electron chi connectivity index (χ4n) is 2.82. The monoisotopic (exact) mass is 359 g/mol. The van der Waals surface area contributed by atoms with Crippen molar-refractivity contribution in [3.05, 3.63) is 35.9 Å². The van der Waals surface area contributed by atoms with E-state index in [1.54, 1.807) is 25.1 Å². The maximum absolute atomic E-state index is 12.0. The topological polar surface area (TPSA) is 70.7 Å². The summed E-state index contributed by atoms with van der Waals surface area (Å²) in [4.78, 5) is 25.6. The largest absolute Gasteiger partial charge is 0.463 e. The zero-order valence-corrected chi connectivity index (χ0v) is 15.7. The maximum Gasteiger partial charge on any atom is 0.330 e. The zero-order chi connectivity index (χ0) is 18.8. The van der Waals surface area contributed by atoms with Crippen LogP contribution >= 0.6 is 0 Å². The SMILES string of the molecule is CCOC(=O)C=Cc1ccc(NC(=O)NCCN2CCC(C)CC2)cc1. The highest BCUT2D eigenvalue weighted by molar-refractivity contribution is 5.90. The molecule has 1 heterocycles. The average molecular weight is 359 g/mol. The lowest BCUT2D eigenvalue weighted by molar-refractivity contribution is -0.137. The number of hydrogen-bond donors (Lipinski definition) is 2. The second-order valence-corrected chi connectivity index (χ2v) is 6.61.